The van der Waals surface area contributed by atoms with Gasteiger partial charge in [-0.3, -0.25) is 9.59 Å². The number of nitrogens with zero attached hydrogens (tertiary/aromatic N) is 1. The van der Waals surface area contributed by atoms with E-state index < -0.39 is 17.5 Å². The summed E-state index contributed by atoms with van der Waals surface area (Å²) in [6.07, 6.45) is 7.04. The molecule has 10 heteroatoms. The lowest BCUT2D eigenvalue weighted by Crippen LogP contribution is -2.36. The van der Waals surface area contributed by atoms with Gasteiger partial charge in [0.1, 0.15) is 5.56 Å². The number of ether oxygens (including phenoxy) is 1. The summed E-state index contributed by atoms with van der Waals surface area (Å²) in [5, 5.41) is 8.95. The lowest BCUT2D eigenvalue weighted by Gasteiger charge is -2.19. The first-order chi connectivity index (χ1) is 14.3. The SMILES string of the molecule is COC(=O)c1noc2c1C(=O)C(SCCNC(=O)NC1=CC(C)C(C)C=C1)=CC2=O. The molecule has 2 atom stereocenters. The zero-order chi connectivity index (χ0) is 21.8. The van der Waals surface area contributed by atoms with Crippen LogP contribution in [0.5, 0.6) is 0 Å². The Labute approximate surface area is 177 Å². The fourth-order valence-corrected chi connectivity index (χ4v) is 3.74. The predicted molar refractivity (Wildman–Crippen MR) is 109 cm³/mol. The molecular formula is C20H21N3O6S. The molecule has 158 valence electrons. The van der Waals surface area contributed by atoms with Crippen molar-refractivity contribution < 1.29 is 28.4 Å². The minimum Gasteiger partial charge on any atom is -0.464 e. The second-order valence-corrected chi connectivity index (χ2v) is 7.99. The number of Topliss-reactive ketones (excluding diaryl/α,β-unsaturated/α-hetero) is 1. The number of urea groups is 1. The van der Waals surface area contributed by atoms with E-state index in [1.165, 1.54) is 0 Å². The summed E-state index contributed by atoms with van der Waals surface area (Å²) in [5.41, 5.74) is 0.214. The maximum Gasteiger partial charge on any atom is 0.361 e. The second kappa shape index (κ2) is 9.12. The number of hydrogen-bond donors (Lipinski definition) is 2. The Morgan fingerprint density at radius 3 is 2.73 bits per heavy atom. The van der Waals surface area contributed by atoms with Gasteiger partial charge in [0.05, 0.1) is 12.0 Å². The van der Waals surface area contributed by atoms with Crippen LogP contribution in [0.15, 0.2) is 39.4 Å². The number of carbonyl (C=O) groups is 4. The quantitative estimate of drug-likeness (QED) is 0.519. The summed E-state index contributed by atoms with van der Waals surface area (Å²) in [6, 6.07) is -0.359. The van der Waals surface area contributed by atoms with Gasteiger partial charge in [0, 0.05) is 24.1 Å². The highest BCUT2D eigenvalue weighted by molar-refractivity contribution is 8.04. The molecule has 0 saturated carbocycles. The number of hydrogen-bond acceptors (Lipinski definition) is 8. The predicted octanol–water partition coefficient (Wildman–Crippen LogP) is 2.48. The molecule has 2 aliphatic carbocycles. The van der Waals surface area contributed by atoms with E-state index >= 15 is 0 Å². The maximum absolute atomic E-state index is 12.6. The normalized spacial score (nSPS) is 20.2. The average molecular weight is 431 g/mol. The summed E-state index contributed by atoms with van der Waals surface area (Å²) in [5.74, 6) is -1.14. The van der Waals surface area contributed by atoms with Crippen molar-refractivity contribution >= 4 is 35.3 Å². The van der Waals surface area contributed by atoms with Crippen molar-refractivity contribution in [2.75, 3.05) is 19.4 Å². The molecule has 9 nitrogen and oxygen atoms in total. The van der Waals surface area contributed by atoms with Crippen LogP contribution in [0.4, 0.5) is 4.79 Å². The van der Waals surface area contributed by atoms with E-state index in [9.17, 15) is 19.2 Å². The number of rotatable bonds is 6. The van der Waals surface area contributed by atoms with E-state index in [2.05, 4.69) is 34.4 Å². The Kier molecular flexibility index (Phi) is 6.56. The van der Waals surface area contributed by atoms with E-state index in [0.717, 1.165) is 30.6 Å². The molecule has 1 aromatic heterocycles. The third-order valence-corrected chi connectivity index (χ3v) is 5.78. The van der Waals surface area contributed by atoms with Gasteiger partial charge in [-0.15, -0.1) is 11.8 Å². The van der Waals surface area contributed by atoms with Crippen LogP contribution in [0, 0.1) is 11.8 Å². The van der Waals surface area contributed by atoms with Gasteiger partial charge in [0.2, 0.25) is 23.0 Å². The summed E-state index contributed by atoms with van der Waals surface area (Å²) < 4.78 is 9.40. The van der Waals surface area contributed by atoms with Crippen LogP contribution in [-0.4, -0.2) is 48.1 Å². The minimum absolute atomic E-state index is 0.142. The van der Waals surface area contributed by atoms with Gasteiger partial charge in [-0.1, -0.05) is 31.2 Å². The lowest BCUT2D eigenvalue weighted by molar-refractivity contribution is 0.0586. The van der Waals surface area contributed by atoms with Gasteiger partial charge < -0.3 is 19.9 Å². The molecule has 0 fully saturated rings. The van der Waals surface area contributed by atoms with Gasteiger partial charge in [0.25, 0.3) is 0 Å². The molecule has 0 spiro atoms. The van der Waals surface area contributed by atoms with Crippen LogP contribution >= 0.6 is 11.8 Å². The zero-order valence-corrected chi connectivity index (χ0v) is 17.5. The molecule has 0 aromatic carbocycles. The van der Waals surface area contributed by atoms with Crippen LogP contribution in [0.2, 0.25) is 0 Å². The second-order valence-electron chi connectivity index (χ2n) is 6.86. The van der Waals surface area contributed by atoms with Gasteiger partial charge in [-0.05, 0) is 17.9 Å². The highest BCUT2D eigenvalue weighted by Gasteiger charge is 2.36. The topological polar surface area (TPSA) is 128 Å². The number of fused-ring (bicyclic) bond motifs is 1. The molecule has 2 aliphatic rings. The smallest absolute Gasteiger partial charge is 0.361 e. The molecule has 3 rings (SSSR count). The Bertz CT molecular complexity index is 991. The standard InChI is InChI=1S/C20H21N3O6S/c1-10-4-5-12(8-11(10)2)22-20(27)21-6-7-30-14-9-13(24)18-15(17(14)25)16(23-29-18)19(26)28-3/h4-5,8-11H,6-7H2,1-3H3,(H2,21,22,27). The molecule has 30 heavy (non-hydrogen) atoms. The monoisotopic (exact) mass is 431 g/mol. The first kappa shape index (κ1) is 21.6. The Balaban J connectivity index is 1.52. The van der Waals surface area contributed by atoms with Crippen molar-refractivity contribution in [3.8, 4) is 0 Å². The fraction of sp³-hybridized carbons (Fsp3) is 0.350. The number of carbonyl (C=O) groups excluding carboxylic acids is 4. The largest absolute Gasteiger partial charge is 0.464 e. The molecule has 2 N–H and O–H groups in total. The van der Waals surface area contributed by atoms with Crippen molar-refractivity contribution in [3.63, 3.8) is 0 Å². The Hall–Kier alpha value is -3.14. The third kappa shape index (κ3) is 4.54. The van der Waals surface area contributed by atoms with E-state index in [1.807, 2.05) is 18.2 Å². The summed E-state index contributed by atoms with van der Waals surface area (Å²) in [7, 11) is 1.14. The number of esters is 1. The summed E-state index contributed by atoms with van der Waals surface area (Å²) >= 11 is 1.09. The number of allylic oxidation sites excluding steroid dienone is 5. The van der Waals surface area contributed by atoms with Crippen molar-refractivity contribution in [2.24, 2.45) is 11.8 Å². The van der Waals surface area contributed by atoms with Crippen LogP contribution < -0.4 is 10.6 Å². The molecule has 2 amide bonds. The average Bonchev–Trinajstić information content (AvgIpc) is 3.17. The van der Waals surface area contributed by atoms with Crippen LogP contribution in [-0.2, 0) is 4.74 Å². The van der Waals surface area contributed by atoms with E-state index in [0.29, 0.717) is 17.6 Å². The van der Waals surface area contributed by atoms with E-state index in [4.69, 9.17) is 4.52 Å². The van der Waals surface area contributed by atoms with Gasteiger partial charge >= 0.3 is 12.0 Å². The number of aromatic nitrogens is 1. The molecule has 0 saturated heterocycles. The van der Waals surface area contributed by atoms with Crippen molar-refractivity contribution in [2.45, 2.75) is 13.8 Å². The first-order valence-electron chi connectivity index (χ1n) is 9.28. The highest BCUT2D eigenvalue weighted by atomic mass is 32.2. The van der Waals surface area contributed by atoms with Crippen LogP contribution in [0.25, 0.3) is 0 Å². The molecule has 1 heterocycles. The lowest BCUT2D eigenvalue weighted by atomic mass is 9.91. The molecule has 0 bridgehead atoms. The van der Waals surface area contributed by atoms with E-state index in [1.54, 1.807) is 0 Å². The number of ketones is 2. The molecule has 1 aromatic rings. The van der Waals surface area contributed by atoms with Gasteiger partial charge in [-0.2, -0.15) is 0 Å². The molecule has 0 aliphatic heterocycles. The van der Waals surface area contributed by atoms with Crippen molar-refractivity contribution in [1.29, 1.82) is 0 Å². The van der Waals surface area contributed by atoms with Gasteiger partial charge in [-0.25, -0.2) is 9.59 Å². The molecular weight excluding hydrogens is 410 g/mol. The summed E-state index contributed by atoms with van der Waals surface area (Å²) in [4.78, 5) is 48.7. The Morgan fingerprint density at radius 2 is 2.03 bits per heavy atom. The minimum atomic E-state index is -0.861. The fourth-order valence-electron chi connectivity index (χ4n) is 2.89. The van der Waals surface area contributed by atoms with E-state index in [-0.39, 0.29) is 34.5 Å². The summed E-state index contributed by atoms with van der Waals surface area (Å²) in [6.45, 7) is 4.44. The number of nitrogens with one attached hydrogen (secondary N) is 2. The molecule has 2 unspecified atom stereocenters. The number of amides is 2. The van der Waals surface area contributed by atoms with Crippen LogP contribution in [0.3, 0.4) is 0 Å². The van der Waals surface area contributed by atoms with Crippen LogP contribution in [0.1, 0.15) is 45.2 Å². The first-order valence-corrected chi connectivity index (χ1v) is 10.3. The Morgan fingerprint density at radius 1 is 1.27 bits per heavy atom. The third-order valence-electron chi connectivity index (χ3n) is 4.76. The number of methoxy groups -OCH3 is 1. The molecule has 0 radical (unpaired) electrons. The highest BCUT2D eigenvalue weighted by Crippen LogP contribution is 2.30. The van der Waals surface area contributed by atoms with Crippen molar-refractivity contribution in [1.82, 2.24) is 15.8 Å². The maximum atomic E-state index is 12.6. The zero-order valence-electron chi connectivity index (χ0n) is 16.7. The van der Waals surface area contributed by atoms with Crippen molar-refractivity contribution in [3.05, 3.63) is 51.9 Å². The van der Waals surface area contributed by atoms with Gasteiger partial charge in [0.15, 0.2) is 0 Å². The number of thioether (sulfide) groups is 1.